The standard InChI is InChI=1S/C15H20Br2N2O3/c1-15(2,3)22-14(21)18-5-4-10(7-18)8-19-9-11(16)6-12(17)13(19)20/h6,9-10H,4-5,7-8H2,1-3H3. The third kappa shape index (κ3) is 4.59. The number of hydrogen-bond donors (Lipinski definition) is 0. The Balaban J connectivity index is 2.00. The van der Waals surface area contributed by atoms with Crippen LogP contribution in [-0.4, -0.2) is 34.3 Å². The number of carbonyl (C=O) groups is 1. The van der Waals surface area contributed by atoms with Crippen molar-refractivity contribution < 1.29 is 9.53 Å². The van der Waals surface area contributed by atoms with Gasteiger partial charge in [0.15, 0.2) is 0 Å². The van der Waals surface area contributed by atoms with E-state index in [0.717, 1.165) is 10.9 Å². The molecule has 0 radical (unpaired) electrons. The van der Waals surface area contributed by atoms with Gasteiger partial charge in [-0.3, -0.25) is 4.79 Å². The maximum Gasteiger partial charge on any atom is 0.410 e. The van der Waals surface area contributed by atoms with Gasteiger partial charge in [-0.2, -0.15) is 0 Å². The van der Waals surface area contributed by atoms with Crippen LogP contribution in [0.5, 0.6) is 0 Å². The molecular formula is C15H20Br2N2O3. The van der Waals surface area contributed by atoms with Crippen LogP contribution in [0.2, 0.25) is 0 Å². The molecule has 1 fully saturated rings. The molecule has 22 heavy (non-hydrogen) atoms. The van der Waals surface area contributed by atoms with E-state index >= 15 is 0 Å². The molecule has 1 aromatic rings. The summed E-state index contributed by atoms with van der Waals surface area (Å²) in [7, 11) is 0. The van der Waals surface area contributed by atoms with Gasteiger partial charge in [0.1, 0.15) is 5.60 Å². The van der Waals surface area contributed by atoms with Crippen LogP contribution in [0.25, 0.3) is 0 Å². The molecule has 2 heterocycles. The molecule has 0 N–H and O–H groups in total. The second-order valence-corrected chi connectivity index (χ2v) is 8.31. The minimum atomic E-state index is -0.485. The summed E-state index contributed by atoms with van der Waals surface area (Å²) in [6.45, 7) is 7.45. The summed E-state index contributed by atoms with van der Waals surface area (Å²) in [5.41, 5.74) is -0.541. The van der Waals surface area contributed by atoms with Gasteiger partial charge in [-0.05, 0) is 71.0 Å². The number of nitrogens with zero attached hydrogens (tertiary/aromatic N) is 2. The molecule has 1 aliphatic heterocycles. The van der Waals surface area contributed by atoms with E-state index < -0.39 is 5.60 Å². The molecule has 1 saturated heterocycles. The Morgan fingerprint density at radius 3 is 2.73 bits per heavy atom. The maximum absolute atomic E-state index is 12.1. The van der Waals surface area contributed by atoms with Crippen LogP contribution in [0.3, 0.4) is 0 Å². The van der Waals surface area contributed by atoms with Crippen molar-refractivity contribution in [2.24, 2.45) is 5.92 Å². The molecule has 5 nitrogen and oxygen atoms in total. The van der Waals surface area contributed by atoms with Crippen molar-refractivity contribution >= 4 is 38.0 Å². The monoisotopic (exact) mass is 434 g/mol. The zero-order valence-corrected chi connectivity index (χ0v) is 16.1. The molecule has 2 rings (SSSR count). The molecule has 0 bridgehead atoms. The first-order valence-corrected chi connectivity index (χ1v) is 8.78. The Bertz CT molecular complexity index is 622. The summed E-state index contributed by atoms with van der Waals surface area (Å²) < 4.78 is 8.44. The predicted octanol–water partition coefficient (Wildman–Crippen LogP) is 3.63. The van der Waals surface area contributed by atoms with Crippen molar-refractivity contribution in [3.05, 3.63) is 31.6 Å². The number of carbonyl (C=O) groups excluding carboxylic acids is 1. The Labute approximate surface area is 146 Å². The number of rotatable bonds is 2. The smallest absolute Gasteiger partial charge is 0.410 e. The van der Waals surface area contributed by atoms with Crippen molar-refractivity contribution in [2.45, 2.75) is 39.3 Å². The van der Waals surface area contributed by atoms with Crippen molar-refractivity contribution in [1.82, 2.24) is 9.47 Å². The van der Waals surface area contributed by atoms with E-state index in [1.807, 2.05) is 20.8 Å². The van der Waals surface area contributed by atoms with E-state index in [1.165, 1.54) is 0 Å². The van der Waals surface area contributed by atoms with Crippen molar-refractivity contribution in [3.8, 4) is 0 Å². The minimum Gasteiger partial charge on any atom is -0.444 e. The average molecular weight is 436 g/mol. The van der Waals surface area contributed by atoms with Crippen LogP contribution in [0.1, 0.15) is 27.2 Å². The Morgan fingerprint density at radius 2 is 2.09 bits per heavy atom. The highest BCUT2D eigenvalue weighted by Crippen LogP contribution is 2.21. The fourth-order valence-corrected chi connectivity index (χ4v) is 3.71. The molecule has 1 aromatic heterocycles. The van der Waals surface area contributed by atoms with Crippen LogP contribution in [0.15, 0.2) is 26.0 Å². The lowest BCUT2D eigenvalue weighted by molar-refractivity contribution is 0.0287. The van der Waals surface area contributed by atoms with E-state index in [-0.39, 0.29) is 17.6 Å². The lowest BCUT2D eigenvalue weighted by Gasteiger charge is -2.24. The summed E-state index contributed by atoms with van der Waals surface area (Å²) in [4.78, 5) is 25.9. The van der Waals surface area contributed by atoms with Gasteiger partial charge in [0.25, 0.3) is 5.56 Å². The predicted molar refractivity (Wildman–Crippen MR) is 92.0 cm³/mol. The van der Waals surface area contributed by atoms with Crippen LogP contribution in [0.4, 0.5) is 4.79 Å². The molecular weight excluding hydrogens is 416 g/mol. The molecule has 1 unspecified atom stereocenters. The molecule has 0 saturated carbocycles. The van der Waals surface area contributed by atoms with Gasteiger partial charge in [0.2, 0.25) is 0 Å². The van der Waals surface area contributed by atoms with Gasteiger partial charge >= 0.3 is 6.09 Å². The number of pyridine rings is 1. The third-order valence-electron chi connectivity index (χ3n) is 3.40. The number of ether oxygens (including phenoxy) is 1. The Hall–Kier alpha value is -0.820. The van der Waals surface area contributed by atoms with Crippen molar-refractivity contribution in [2.75, 3.05) is 13.1 Å². The fraction of sp³-hybridized carbons (Fsp3) is 0.600. The first kappa shape index (κ1) is 17.5. The van der Waals surface area contributed by atoms with E-state index in [1.54, 1.807) is 21.7 Å². The zero-order chi connectivity index (χ0) is 16.5. The largest absolute Gasteiger partial charge is 0.444 e. The summed E-state index contributed by atoms with van der Waals surface area (Å²) >= 11 is 6.66. The van der Waals surface area contributed by atoms with Gasteiger partial charge in [-0.1, -0.05) is 0 Å². The first-order chi connectivity index (χ1) is 10.2. The molecule has 1 aliphatic rings. The Kier molecular flexibility index (Phi) is 5.37. The highest BCUT2D eigenvalue weighted by Gasteiger charge is 2.30. The first-order valence-electron chi connectivity index (χ1n) is 7.19. The van der Waals surface area contributed by atoms with Gasteiger partial charge in [-0.15, -0.1) is 0 Å². The molecule has 122 valence electrons. The van der Waals surface area contributed by atoms with Gasteiger partial charge in [0.05, 0.1) is 4.47 Å². The maximum atomic E-state index is 12.1. The number of hydrogen-bond acceptors (Lipinski definition) is 3. The van der Waals surface area contributed by atoms with E-state index in [2.05, 4.69) is 31.9 Å². The third-order valence-corrected chi connectivity index (χ3v) is 4.40. The summed E-state index contributed by atoms with van der Waals surface area (Å²) in [6, 6.07) is 1.74. The number of halogens is 2. The van der Waals surface area contributed by atoms with Crippen molar-refractivity contribution in [1.29, 1.82) is 0 Å². The molecule has 0 spiro atoms. The zero-order valence-electron chi connectivity index (χ0n) is 12.9. The topological polar surface area (TPSA) is 51.5 Å². The molecule has 0 aliphatic carbocycles. The second kappa shape index (κ2) is 6.74. The van der Waals surface area contributed by atoms with Gasteiger partial charge < -0.3 is 14.2 Å². The van der Waals surface area contributed by atoms with E-state index in [0.29, 0.717) is 24.1 Å². The normalized spacial score (nSPS) is 18.6. The summed E-state index contributed by atoms with van der Waals surface area (Å²) in [6.07, 6.45) is 2.37. The van der Waals surface area contributed by atoms with E-state index in [4.69, 9.17) is 4.74 Å². The summed E-state index contributed by atoms with van der Waals surface area (Å²) in [5.74, 6) is 0.256. The van der Waals surface area contributed by atoms with E-state index in [9.17, 15) is 9.59 Å². The van der Waals surface area contributed by atoms with Crippen LogP contribution >= 0.6 is 31.9 Å². The highest BCUT2D eigenvalue weighted by atomic mass is 79.9. The molecule has 1 amide bonds. The average Bonchev–Trinajstić information content (AvgIpc) is 2.82. The van der Waals surface area contributed by atoms with Crippen LogP contribution in [-0.2, 0) is 11.3 Å². The second-order valence-electron chi connectivity index (χ2n) is 6.54. The number of aromatic nitrogens is 1. The lowest BCUT2D eigenvalue weighted by atomic mass is 10.1. The van der Waals surface area contributed by atoms with Gasteiger partial charge in [0, 0.05) is 30.3 Å². The Morgan fingerprint density at radius 1 is 1.41 bits per heavy atom. The quantitative estimate of drug-likeness (QED) is 0.712. The molecule has 7 heteroatoms. The summed E-state index contributed by atoms with van der Waals surface area (Å²) in [5, 5.41) is 0. The molecule has 1 atom stereocenters. The lowest BCUT2D eigenvalue weighted by Crippen LogP contribution is -2.35. The number of likely N-dealkylation sites (tertiary alicyclic amines) is 1. The van der Waals surface area contributed by atoms with Crippen LogP contribution in [0, 0.1) is 5.92 Å². The SMILES string of the molecule is CC(C)(C)OC(=O)N1CCC(Cn2cc(Br)cc(Br)c2=O)C1. The molecule has 0 aromatic carbocycles. The fourth-order valence-electron chi connectivity index (χ4n) is 2.45. The highest BCUT2D eigenvalue weighted by molar-refractivity contribution is 9.11. The minimum absolute atomic E-state index is 0.0566. The van der Waals surface area contributed by atoms with Gasteiger partial charge in [-0.25, -0.2) is 4.79 Å². The van der Waals surface area contributed by atoms with Crippen molar-refractivity contribution in [3.63, 3.8) is 0 Å². The number of amides is 1. The van der Waals surface area contributed by atoms with Crippen LogP contribution < -0.4 is 5.56 Å².